The molecular weight excluding hydrogens is 504 g/mol. The molecular formula is C34H54O6. The zero-order chi connectivity index (χ0) is 29.6. The summed E-state index contributed by atoms with van der Waals surface area (Å²) in [6, 6.07) is 0. The molecule has 0 unspecified atom stereocenters. The Morgan fingerprint density at radius 2 is 1.62 bits per heavy atom. The van der Waals surface area contributed by atoms with Crippen LogP contribution in [0.4, 0.5) is 0 Å². The molecule has 0 aromatic rings. The van der Waals surface area contributed by atoms with Gasteiger partial charge in [-0.3, -0.25) is 9.59 Å². The molecule has 40 heavy (non-hydrogen) atoms. The van der Waals surface area contributed by atoms with Gasteiger partial charge in [-0.2, -0.15) is 0 Å². The number of hydrogen-bond donors (Lipinski definition) is 2. The first-order valence-electron chi connectivity index (χ1n) is 15.8. The summed E-state index contributed by atoms with van der Waals surface area (Å²) in [5, 5.41) is 23.9. The van der Waals surface area contributed by atoms with Gasteiger partial charge in [0.25, 0.3) is 0 Å². The Labute approximate surface area is 241 Å². The molecule has 0 saturated heterocycles. The van der Waals surface area contributed by atoms with Crippen molar-refractivity contribution < 1.29 is 29.3 Å². The summed E-state index contributed by atoms with van der Waals surface area (Å²) >= 11 is 0. The second kappa shape index (κ2) is 9.56. The summed E-state index contributed by atoms with van der Waals surface area (Å²) in [6.07, 6.45) is 7.25. The van der Waals surface area contributed by atoms with E-state index in [0.717, 1.165) is 38.5 Å². The Morgan fingerprint density at radius 1 is 0.950 bits per heavy atom. The van der Waals surface area contributed by atoms with Crippen molar-refractivity contribution in [2.45, 2.75) is 126 Å². The summed E-state index contributed by atoms with van der Waals surface area (Å²) < 4.78 is 11.6. The van der Waals surface area contributed by atoms with Gasteiger partial charge < -0.3 is 19.7 Å². The minimum atomic E-state index is -0.496. The molecule has 4 fully saturated rings. The Bertz CT molecular complexity index is 1080. The molecule has 0 aromatic carbocycles. The molecule has 5 rings (SSSR count). The molecule has 0 amide bonds. The van der Waals surface area contributed by atoms with E-state index in [1.807, 2.05) is 0 Å². The fourth-order valence-electron chi connectivity index (χ4n) is 11.8. The number of hydrogen-bond acceptors (Lipinski definition) is 6. The van der Waals surface area contributed by atoms with E-state index in [0.29, 0.717) is 18.9 Å². The molecule has 0 radical (unpaired) electrons. The highest BCUT2D eigenvalue weighted by Gasteiger charge is 2.73. The smallest absolute Gasteiger partial charge is 0.302 e. The Kier molecular flexibility index (Phi) is 7.18. The third kappa shape index (κ3) is 3.93. The lowest BCUT2D eigenvalue weighted by molar-refractivity contribution is -0.217. The van der Waals surface area contributed by atoms with Crippen LogP contribution in [-0.4, -0.2) is 47.1 Å². The minimum Gasteiger partial charge on any atom is -0.465 e. The summed E-state index contributed by atoms with van der Waals surface area (Å²) in [5.74, 6) is 0.405. The van der Waals surface area contributed by atoms with E-state index in [4.69, 9.17) is 9.47 Å². The Morgan fingerprint density at radius 3 is 2.23 bits per heavy atom. The monoisotopic (exact) mass is 558 g/mol. The fraction of sp³-hybridized carbons (Fsp3) is 0.882. The van der Waals surface area contributed by atoms with Crippen LogP contribution in [0.2, 0.25) is 0 Å². The predicted molar refractivity (Wildman–Crippen MR) is 154 cm³/mol. The largest absolute Gasteiger partial charge is 0.465 e. The molecule has 0 spiro atoms. The van der Waals surface area contributed by atoms with E-state index >= 15 is 0 Å². The van der Waals surface area contributed by atoms with Crippen LogP contribution in [0.25, 0.3) is 0 Å². The van der Waals surface area contributed by atoms with Crippen LogP contribution in [0, 0.1) is 56.7 Å². The molecule has 0 aliphatic heterocycles. The highest BCUT2D eigenvalue weighted by atomic mass is 16.5. The van der Waals surface area contributed by atoms with Gasteiger partial charge in [-0.15, -0.1) is 0 Å². The maximum Gasteiger partial charge on any atom is 0.302 e. The lowest BCUT2D eigenvalue weighted by Crippen LogP contribution is -2.67. The van der Waals surface area contributed by atoms with Gasteiger partial charge in [-0.05, 0) is 78.9 Å². The van der Waals surface area contributed by atoms with Gasteiger partial charge in [0, 0.05) is 36.5 Å². The van der Waals surface area contributed by atoms with Crippen molar-refractivity contribution in [3.8, 4) is 0 Å². The summed E-state index contributed by atoms with van der Waals surface area (Å²) in [6.45, 7) is 19.4. The van der Waals surface area contributed by atoms with Crippen LogP contribution in [-0.2, 0) is 19.1 Å². The fourth-order valence-corrected chi connectivity index (χ4v) is 11.8. The van der Waals surface area contributed by atoms with Gasteiger partial charge in [0.15, 0.2) is 0 Å². The molecule has 6 nitrogen and oxygen atoms in total. The molecule has 5 aliphatic carbocycles. The average molecular weight is 559 g/mol. The number of fused-ring (bicyclic) bond motifs is 7. The van der Waals surface area contributed by atoms with Gasteiger partial charge in [0.2, 0.25) is 0 Å². The minimum absolute atomic E-state index is 0.00262. The van der Waals surface area contributed by atoms with Crippen molar-refractivity contribution in [1.29, 1.82) is 0 Å². The van der Waals surface area contributed by atoms with Gasteiger partial charge in [-0.1, -0.05) is 60.1 Å². The summed E-state index contributed by atoms with van der Waals surface area (Å²) in [5.41, 5.74) is 0.386. The zero-order valence-electron chi connectivity index (χ0n) is 26.4. The van der Waals surface area contributed by atoms with E-state index in [1.165, 1.54) is 19.4 Å². The van der Waals surface area contributed by atoms with Crippen LogP contribution >= 0.6 is 0 Å². The number of carbonyl (C=O) groups is 2. The first kappa shape index (κ1) is 30.1. The van der Waals surface area contributed by atoms with Crippen LogP contribution in [0.15, 0.2) is 11.6 Å². The molecule has 2 N–H and O–H groups in total. The van der Waals surface area contributed by atoms with Crippen molar-refractivity contribution in [2.24, 2.45) is 56.7 Å². The molecule has 6 heteroatoms. The number of aliphatic hydroxyl groups is 2. The lowest BCUT2D eigenvalue weighted by atomic mass is 9.35. The van der Waals surface area contributed by atoms with Crippen molar-refractivity contribution in [1.82, 2.24) is 0 Å². The van der Waals surface area contributed by atoms with E-state index in [1.54, 1.807) is 0 Å². The third-order valence-corrected chi connectivity index (χ3v) is 13.7. The van der Waals surface area contributed by atoms with Crippen molar-refractivity contribution in [3.05, 3.63) is 11.6 Å². The first-order chi connectivity index (χ1) is 18.5. The van der Waals surface area contributed by atoms with Crippen LogP contribution < -0.4 is 0 Å². The van der Waals surface area contributed by atoms with Gasteiger partial charge >= 0.3 is 11.9 Å². The third-order valence-electron chi connectivity index (χ3n) is 13.7. The van der Waals surface area contributed by atoms with Crippen LogP contribution in [0.1, 0.15) is 107 Å². The predicted octanol–water partition coefficient (Wildman–Crippen LogP) is 6.08. The quantitative estimate of drug-likeness (QED) is 0.321. The van der Waals surface area contributed by atoms with E-state index in [2.05, 4.69) is 54.5 Å². The number of esters is 2. The lowest BCUT2D eigenvalue weighted by Gasteiger charge is -2.70. The average Bonchev–Trinajstić information content (AvgIpc) is 3.15. The summed E-state index contributed by atoms with van der Waals surface area (Å²) in [4.78, 5) is 24.0. The van der Waals surface area contributed by atoms with Gasteiger partial charge in [0.1, 0.15) is 6.10 Å². The zero-order valence-corrected chi connectivity index (χ0v) is 26.4. The molecule has 226 valence electrons. The number of rotatable bonds is 4. The van der Waals surface area contributed by atoms with E-state index in [-0.39, 0.29) is 68.8 Å². The van der Waals surface area contributed by atoms with E-state index < -0.39 is 12.2 Å². The maximum absolute atomic E-state index is 12.1. The standard InChI is InChI=1S/C34H54O6/c1-19(2)23-16-25(38)29-33(9)13-10-22-28(32(33,8)14-15-34(23,29)18-39-20(3)35)24(37)17-26-30(5,6)27(40-21(4)36)11-12-31(22,26)7/h10,19,23-29,37-38H,11-18H2,1-9H3/t23-,24-,25+,26-,27-,28-,29+,31+,32-,33+,34+/m0/s1. The number of carbonyl (C=O) groups excluding carboxylic acids is 2. The molecule has 0 bridgehead atoms. The first-order valence-corrected chi connectivity index (χ1v) is 15.8. The highest BCUT2D eigenvalue weighted by Crippen LogP contribution is 2.76. The van der Waals surface area contributed by atoms with Gasteiger partial charge in [0.05, 0.1) is 18.8 Å². The van der Waals surface area contributed by atoms with Crippen LogP contribution in [0.5, 0.6) is 0 Å². The summed E-state index contributed by atoms with van der Waals surface area (Å²) in [7, 11) is 0. The molecule has 0 heterocycles. The van der Waals surface area contributed by atoms with Crippen molar-refractivity contribution in [3.63, 3.8) is 0 Å². The molecule has 11 atom stereocenters. The highest BCUT2D eigenvalue weighted by molar-refractivity contribution is 5.66. The Balaban J connectivity index is 1.58. The number of ether oxygens (including phenoxy) is 2. The molecule has 5 aliphatic rings. The topological polar surface area (TPSA) is 93.1 Å². The second-order valence-electron chi connectivity index (χ2n) is 16.1. The van der Waals surface area contributed by atoms with Crippen molar-refractivity contribution in [2.75, 3.05) is 6.61 Å². The van der Waals surface area contributed by atoms with Crippen molar-refractivity contribution >= 4 is 11.9 Å². The SMILES string of the molecule is CC(=O)OC[C@@]12CC[C@@]3(C)[C@H]4C(=CC[C@]3(C)[C@H]1[C@H](O)C[C@H]2C(C)C)[C@@]1(C)CC[C@H](OC(C)=O)C(C)(C)[C@@H]1C[C@@H]4O. The second-order valence-corrected chi connectivity index (χ2v) is 16.1. The van der Waals surface area contributed by atoms with Crippen LogP contribution in [0.3, 0.4) is 0 Å². The molecule has 4 saturated carbocycles. The van der Waals surface area contributed by atoms with E-state index in [9.17, 15) is 19.8 Å². The number of aliphatic hydroxyl groups excluding tert-OH is 2. The molecule has 0 aromatic heterocycles. The maximum atomic E-state index is 12.1. The Hall–Kier alpha value is -1.40. The van der Waals surface area contributed by atoms with Gasteiger partial charge in [-0.25, -0.2) is 0 Å². The number of allylic oxidation sites excluding steroid dienone is 1. The normalized spacial score (nSPS) is 49.2.